The topological polar surface area (TPSA) is 38.0 Å². The molecule has 0 aliphatic carbocycles. The first-order valence-electron chi connectivity index (χ1n) is 5.46. The fourth-order valence-electron chi connectivity index (χ4n) is 1.60. The summed E-state index contributed by atoms with van der Waals surface area (Å²) in [4.78, 5) is 0. The molecule has 0 heterocycles. The second-order valence-electron chi connectivity index (χ2n) is 4.06. The molecule has 20 heavy (non-hydrogen) atoms. The van der Waals surface area contributed by atoms with Crippen LogP contribution in [0.2, 0.25) is 0 Å². The van der Waals surface area contributed by atoms with Gasteiger partial charge in [-0.05, 0) is 40.2 Å². The van der Waals surface area contributed by atoms with Gasteiger partial charge >= 0.3 is 6.18 Å². The van der Waals surface area contributed by atoms with E-state index in [4.69, 9.17) is 5.73 Å². The molecule has 0 fully saturated rings. The molecule has 0 amide bonds. The van der Waals surface area contributed by atoms with Crippen molar-refractivity contribution in [3.05, 3.63) is 52.3 Å². The van der Waals surface area contributed by atoms with E-state index < -0.39 is 17.6 Å². The second kappa shape index (κ2) is 5.32. The fourth-order valence-corrected chi connectivity index (χ4v) is 1.96. The van der Waals surface area contributed by atoms with Crippen LogP contribution in [0.15, 0.2) is 40.9 Å². The Morgan fingerprint density at radius 2 is 1.80 bits per heavy atom. The van der Waals surface area contributed by atoms with E-state index in [2.05, 4.69) is 21.2 Å². The van der Waals surface area contributed by atoms with Crippen LogP contribution in [0.3, 0.4) is 0 Å². The van der Waals surface area contributed by atoms with Gasteiger partial charge in [0.2, 0.25) is 0 Å². The number of rotatable bonds is 2. The summed E-state index contributed by atoms with van der Waals surface area (Å²) in [5.41, 5.74) is 5.48. The highest BCUT2D eigenvalue weighted by atomic mass is 79.9. The molecule has 0 unspecified atom stereocenters. The number of benzene rings is 2. The van der Waals surface area contributed by atoms with Crippen LogP contribution in [0.4, 0.5) is 34.6 Å². The molecule has 2 aromatic carbocycles. The van der Waals surface area contributed by atoms with Crippen molar-refractivity contribution in [3.8, 4) is 0 Å². The van der Waals surface area contributed by atoms with E-state index in [1.165, 1.54) is 18.2 Å². The van der Waals surface area contributed by atoms with Gasteiger partial charge in [-0.2, -0.15) is 13.2 Å². The molecule has 0 aliphatic rings. The van der Waals surface area contributed by atoms with Crippen LogP contribution in [0.25, 0.3) is 0 Å². The summed E-state index contributed by atoms with van der Waals surface area (Å²) in [7, 11) is 0. The SMILES string of the molecule is Nc1cc(Br)c(F)cc1Nc1cccc(C(F)(F)F)c1. The Kier molecular flexibility index (Phi) is 3.89. The third-order valence-corrected chi connectivity index (χ3v) is 3.17. The van der Waals surface area contributed by atoms with Gasteiger partial charge in [-0.3, -0.25) is 0 Å². The molecule has 0 radical (unpaired) electrons. The third-order valence-electron chi connectivity index (χ3n) is 2.56. The molecule has 0 bridgehead atoms. The van der Waals surface area contributed by atoms with E-state index in [1.807, 2.05) is 0 Å². The first-order chi connectivity index (χ1) is 9.27. The zero-order valence-electron chi connectivity index (χ0n) is 9.93. The smallest absolute Gasteiger partial charge is 0.397 e. The Morgan fingerprint density at radius 1 is 1.10 bits per heavy atom. The number of nitrogens with one attached hydrogen (secondary N) is 1. The highest BCUT2D eigenvalue weighted by Crippen LogP contribution is 2.33. The molecular weight excluding hydrogens is 340 g/mol. The van der Waals surface area contributed by atoms with Crippen LogP contribution in [-0.2, 0) is 6.18 Å². The highest BCUT2D eigenvalue weighted by molar-refractivity contribution is 9.10. The molecule has 3 N–H and O–H groups in total. The summed E-state index contributed by atoms with van der Waals surface area (Å²) in [6.07, 6.45) is -4.44. The molecule has 0 aromatic heterocycles. The standard InChI is InChI=1S/C13H9BrF4N2/c14-9-5-11(19)12(6-10(9)15)20-8-3-1-2-7(4-8)13(16,17)18/h1-6,20H,19H2. The molecule has 0 spiro atoms. The van der Waals surface area contributed by atoms with Gasteiger partial charge < -0.3 is 11.1 Å². The first-order valence-corrected chi connectivity index (χ1v) is 6.25. The summed E-state index contributed by atoms with van der Waals surface area (Å²) in [6, 6.07) is 7.03. The van der Waals surface area contributed by atoms with Gasteiger partial charge in [0.15, 0.2) is 0 Å². The lowest BCUT2D eigenvalue weighted by Gasteiger charge is -2.12. The van der Waals surface area contributed by atoms with Crippen LogP contribution in [0.5, 0.6) is 0 Å². The van der Waals surface area contributed by atoms with Gasteiger partial charge in [-0.15, -0.1) is 0 Å². The van der Waals surface area contributed by atoms with Gasteiger partial charge in [0.05, 0.1) is 21.4 Å². The van der Waals surface area contributed by atoms with Gasteiger partial charge in [0.25, 0.3) is 0 Å². The van der Waals surface area contributed by atoms with E-state index in [0.717, 1.165) is 18.2 Å². The van der Waals surface area contributed by atoms with Gasteiger partial charge in [-0.25, -0.2) is 4.39 Å². The molecule has 0 saturated carbocycles. The summed E-state index contributed by atoms with van der Waals surface area (Å²) in [5, 5.41) is 2.67. The molecule has 2 rings (SSSR count). The van der Waals surface area contributed by atoms with Crippen LogP contribution < -0.4 is 11.1 Å². The maximum absolute atomic E-state index is 13.4. The van der Waals surface area contributed by atoms with Gasteiger partial charge in [-0.1, -0.05) is 6.07 Å². The predicted molar refractivity (Wildman–Crippen MR) is 73.2 cm³/mol. The average molecular weight is 349 g/mol. The lowest BCUT2D eigenvalue weighted by molar-refractivity contribution is -0.137. The number of anilines is 3. The number of hydrogen-bond acceptors (Lipinski definition) is 2. The number of hydrogen-bond donors (Lipinski definition) is 2. The summed E-state index contributed by atoms with van der Waals surface area (Å²) in [6.45, 7) is 0. The Bertz CT molecular complexity index is 641. The van der Waals surface area contributed by atoms with Crippen molar-refractivity contribution >= 4 is 33.0 Å². The molecule has 7 heteroatoms. The first kappa shape index (κ1) is 14.6. The van der Waals surface area contributed by atoms with Gasteiger partial charge in [0.1, 0.15) is 5.82 Å². The number of alkyl halides is 3. The van der Waals surface area contributed by atoms with Crippen LogP contribution in [0, 0.1) is 5.82 Å². The van der Waals surface area contributed by atoms with Crippen LogP contribution in [-0.4, -0.2) is 0 Å². The summed E-state index contributed by atoms with van der Waals surface area (Å²) in [5.74, 6) is -0.561. The average Bonchev–Trinajstić information content (AvgIpc) is 2.35. The quantitative estimate of drug-likeness (QED) is 0.596. The van der Waals surface area contributed by atoms with Crippen LogP contribution in [0.1, 0.15) is 5.56 Å². The van der Waals surface area contributed by atoms with Crippen molar-refractivity contribution in [2.45, 2.75) is 6.18 Å². The third kappa shape index (κ3) is 3.22. The van der Waals surface area contributed by atoms with Crippen molar-refractivity contribution in [1.82, 2.24) is 0 Å². The van der Waals surface area contributed by atoms with Crippen molar-refractivity contribution in [3.63, 3.8) is 0 Å². The molecule has 0 saturated heterocycles. The maximum Gasteiger partial charge on any atom is 0.416 e. The van der Waals surface area contributed by atoms with Crippen molar-refractivity contribution in [1.29, 1.82) is 0 Å². The normalized spacial score (nSPS) is 11.4. The van der Waals surface area contributed by atoms with Crippen molar-refractivity contribution in [2.75, 3.05) is 11.1 Å². The van der Waals surface area contributed by atoms with E-state index in [1.54, 1.807) is 0 Å². The minimum Gasteiger partial charge on any atom is -0.397 e. The summed E-state index contributed by atoms with van der Waals surface area (Å²) >= 11 is 2.97. The minimum atomic E-state index is -4.44. The van der Waals surface area contributed by atoms with E-state index in [0.29, 0.717) is 0 Å². The zero-order chi connectivity index (χ0) is 14.9. The van der Waals surface area contributed by atoms with Crippen LogP contribution >= 0.6 is 15.9 Å². The number of halogens is 5. The minimum absolute atomic E-state index is 0.174. The molecule has 0 aliphatic heterocycles. The summed E-state index contributed by atoms with van der Waals surface area (Å²) < 4.78 is 51.3. The van der Waals surface area contributed by atoms with E-state index in [9.17, 15) is 17.6 Å². The Hall–Kier alpha value is -1.76. The van der Waals surface area contributed by atoms with Gasteiger partial charge in [0, 0.05) is 11.8 Å². The monoisotopic (exact) mass is 348 g/mol. The molecule has 106 valence electrons. The Balaban J connectivity index is 2.33. The maximum atomic E-state index is 13.4. The Morgan fingerprint density at radius 3 is 2.45 bits per heavy atom. The largest absolute Gasteiger partial charge is 0.416 e. The lowest BCUT2D eigenvalue weighted by atomic mass is 10.2. The van der Waals surface area contributed by atoms with E-state index in [-0.39, 0.29) is 21.5 Å². The van der Waals surface area contributed by atoms with Crippen molar-refractivity contribution in [2.24, 2.45) is 0 Å². The second-order valence-corrected chi connectivity index (χ2v) is 4.91. The number of nitrogen functional groups attached to an aromatic ring is 1. The van der Waals surface area contributed by atoms with Crippen molar-refractivity contribution < 1.29 is 17.6 Å². The fraction of sp³-hybridized carbons (Fsp3) is 0.0769. The predicted octanol–water partition coefficient (Wildman–Crippen LogP) is 4.93. The Labute approximate surface area is 120 Å². The molecule has 2 nitrogen and oxygen atoms in total. The highest BCUT2D eigenvalue weighted by Gasteiger charge is 2.30. The molecular formula is C13H9BrF4N2. The van der Waals surface area contributed by atoms with E-state index >= 15 is 0 Å². The molecule has 0 atom stereocenters. The number of nitrogens with two attached hydrogens (primary N) is 1. The zero-order valence-corrected chi connectivity index (χ0v) is 11.5. The lowest BCUT2D eigenvalue weighted by Crippen LogP contribution is -2.05. The molecule has 2 aromatic rings.